The summed E-state index contributed by atoms with van der Waals surface area (Å²) in [5, 5.41) is 13.4. The van der Waals surface area contributed by atoms with Crippen LogP contribution >= 0.6 is 11.3 Å². The van der Waals surface area contributed by atoms with E-state index in [1.165, 1.54) is 4.88 Å². The standard InChI is InChI=1S/C14H25N3O2S/c1-9(2)17(8-10(3)18)14(19)15-7-6-13-16-11(4)12(5)20-13/h9-10,18H,6-8H2,1-5H3,(H,15,19). The summed E-state index contributed by atoms with van der Waals surface area (Å²) in [5.74, 6) is 0. The van der Waals surface area contributed by atoms with E-state index in [1.807, 2.05) is 20.8 Å². The van der Waals surface area contributed by atoms with Crippen molar-refractivity contribution in [2.75, 3.05) is 13.1 Å². The van der Waals surface area contributed by atoms with Crippen molar-refractivity contribution in [1.82, 2.24) is 15.2 Å². The lowest BCUT2D eigenvalue weighted by Crippen LogP contribution is -2.47. The molecular formula is C14H25N3O2S. The zero-order valence-corrected chi connectivity index (χ0v) is 13.8. The molecule has 1 rings (SSSR count). The molecular weight excluding hydrogens is 274 g/mol. The summed E-state index contributed by atoms with van der Waals surface area (Å²) in [6.07, 6.45) is 0.221. The predicted octanol–water partition coefficient (Wildman–Crippen LogP) is 2.10. The van der Waals surface area contributed by atoms with Crippen molar-refractivity contribution in [3.8, 4) is 0 Å². The Kier molecular flexibility index (Phi) is 6.42. The fourth-order valence-corrected chi connectivity index (χ4v) is 2.77. The van der Waals surface area contributed by atoms with Gasteiger partial charge in [0.2, 0.25) is 0 Å². The fourth-order valence-electron chi connectivity index (χ4n) is 1.84. The van der Waals surface area contributed by atoms with E-state index < -0.39 is 6.10 Å². The molecule has 0 saturated heterocycles. The Hall–Kier alpha value is -1.14. The third-order valence-corrected chi connectivity index (χ3v) is 4.17. The molecule has 1 heterocycles. The summed E-state index contributed by atoms with van der Waals surface area (Å²) >= 11 is 1.68. The van der Waals surface area contributed by atoms with Gasteiger partial charge in [0.25, 0.3) is 0 Å². The van der Waals surface area contributed by atoms with E-state index in [9.17, 15) is 9.90 Å². The number of hydrogen-bond donors (Lipinski definition) is 2. The van der Waals surface area contributed by atoms with E-state index in [4.69, 9.17) is 0 Å². The van der Waals surface area contributed by atoms with E-state index in [2.05, 4.69) is 17.2 Å². The summed E-state index contributed by atoms with van der Waals surface area (Å²) in [5.41, 5.74) is 1.06. The molecule has 0 aliphatic carbocycles. The summed E-state index contributed by atoms with van der Waals surface area (Å²) in [4.78, 5) is 19.4. The predicted molar refractivity (Wildman–Crippen MR) is 82.2 cm³/mol. The molecule has 1 aromatic heterocycles. The minimum absolute atomic E-state index is 0.0638. The van der Waals surface area contributed by atoms with Crippen LogP contribution in [0.4, 0.5) is 4.79 Å². The Bertz CT molecular complexity index is 424. The van der Waals surface area contributed by atoms with E-state index in [0.29, 0.717) is 13.1 Å². The second kappa shape index (κ2) is 7.59. The number of carbonyl (C=O) groups is 1. The zero-order chi connectivity index (χ0) is 15.3. The smallest absolute Gasteiger partial charge is 0.317 e. The number of nitrogens with zero attached hydrogens (tertiary/aromatic N) is 2. The fraction of sp³-hybridized carbons (Fsp3) is 0.714. The normalized spacial score (nSPS) is 12.6. The van der Waals surface area contributed by atoms with Crippen molar-refractivity contribution in [1.29, 1.82) is 0 Å². The first-order chi connectivity index (χ1) is 9.31. The number of nitrogens with one attached hydrogen (secondary N) is 1. The van der Waals surface area contributed by atoms with Crippen LogP contribution < -0.4 is 5.32 Å². The van der Waals surface area contributed by atoms with Crippen LogP contribution in [0.3, 0.4) is 0 Å². The largest absolute Gasteiger partial charge is 0.392 e. The molecule has 6 heteroatoms. The van der Waals surface area contributed by atoms with Crippen LogP contribution in [0.1, 0.15) is 36.3 Å². The Morgan fingerprint density at radius 1 is 1.40 bits per heavy atom. The Morgan fingerprint density at radius 3 is 2.50 bits per heavy atom. The molecule has 0 radical (unpaired) electrons. The first-order valence-corrected chi connectivity index (χ1v) is 7.78. The molecule has 5 nitrogen and oxygen atoms in total. The second-order valence-corrected chi connectivity index (χ2v) is 6.61. The van der Waals surface area contributed by atoms with Gasteiger partial charge in [-0.1, -0.05) is 0 Å². The highest BCUT2D eigenvalue weighted by molar-refractivity contribution is 7.11. The average Bonchev–Trinajstić information content (AvgIpc) is 2.65. The molecule has 114 valence electrons. The second-order valence-electron chi connectivity index (χ2n) is 5.33. The number of carbonyl (C=O) groups excluding carboxylic acids is 1. The minimum atomic E-state index is -0.521. The van der Waals surface area contributed by atoms with Crippen molar-refractivity contribution in [3.63, 3.8) is 0 Å². The number of rotatable bonds is 6. The van der Waals surface area contributed by atoms with Crippen LogP contribution in [0.25, 0.3) is 0 Å². The molecule has 1 unspecified atom stereocenters. The molecule has 2 amide bonds. The first-order valence-electron chi connectivity index (χ1n) is 6.96. The van der Waals surface area contributed by atoms with Crippen LogP contribution in [0.5, 0.6) is 0 Å². The molecule has 0 aromatic carbocycles. The van der Waals surface area contributed by atoms with Crippen molar-refractivity contribution >= 4 is 17.4 Å². The first kappa shape index (κ1) is 16.9. The van der Waals surface area contributed by atoms with Crippen LogP contribution in [0.2, 0.25) is 0 Å². The van der Waals surface area contributed by atoms with Gasteiger partial charge in [0.05, 0.1) is 16.8 Å². The van der Waals surface area contributed by atoms with Gasteiger partial charge < -0.3 is 15.3 Å². The van der Waals surface area contributed by atoms with E-state index >= 15 is 0 Å². The molecule has 0 aliphatic heterocycles. The molecule has 1 atom stereocenters. The van der Waals surface area contributed by atoms with E-state index in [0.717, 1.165) is 17.1 Å². The summed E-state index contributed by atoms with van der Waals surface area (Å²) in [7, 11) is 0. The van der Waals surface area contributed by atoms with Gasteiger partial charge in [-0.15, -0.1) is 11.3 Å². The average molecular weight is 299 g/mol. The highest BCUT2D eigenvalue weighted by atomic mass is 32.1. The summed E-state index contributed by atoms with van der Waals surface area (Å²) in [6, 6.07) is -0.0696. The van der Waals surface area contributed by atoms with Gasteiger partial charge in [0.15, 0.2) is 0 Å². The number of aryl methyl sites for hydroxylation is 2. The van der Waals surface area contributed by atoms with E-state index in [1.54, 1.807) is 23.2 Å². The molecule has 1 aromatic rings. The van der Waals surface area contributed by atoms with Crippen LogP contribution in [-0.4, -0.2) is 46.3 Å². The van der Waals surface area contributed by atoms with Crippen molar-refractivity contribution in [2.24, 2.45) is 0 Å². The molecule has 2 N–H and O–H groups in total. The number of hydrogen-bond acceptors (Lipinski definition) is 4. The third kappa shape index (κ3) is 5.09. The van der Waals surface area contributed by atoms with Gasteiger partial charge in [0.1, 0.15) is 0 Å². The maximum Gasteiger partial charge on any atom is 0.317 e. The zero-order valence-electron chi connectivity index (χ0n) is 12.9. The van der Waals surface area contributed by atoms with Gasteiger partial charge in [-0.05, 0) is 34.6 Å². The Labute approximate surface area is 125 Å². The number of thiazole rings is 1. The third-order valence-electron chi connectivity index (χ3n) is 3.03. The quantitative estimate of drug-likeness (QED) is 0.845. The lowest BCUT2D eigenvalue weighted by molar-refractivity contribution is 0.119. The van der Waals surface area contributed by atoms with Gasteiger partial charge in [0, 0.05) is 30.4 Å². The lowest BCUT2D eigenvalue weighted by Gasteiger charge is -2.28. The SMILES string of the molecule is Cc1nc(CCNC(=O)N(CC(C)O)C(C)C)sc1C. The van der Waals surface area contributed by atoms with Gasteiger partial charge >= 0.3 is 6.03 Å². The van der Waals surface area contributed by atoms with Crippen molar-refractivity contribution in [2.45, 2.75) is 53.2 Å². The molecule has 0 saturated carbocycles. The highest BCUT2D eigenvalue weighted by Gasteiger charge is 2.18. The number of aromatic nitrogens is 1. The Morgan fingerprint density at radius 2 is 2.05 bits per heavy atom. The molecule has 20 heavy (non-hydrogen) atoms. The van der Waals surface area contributed by atoms with Crippen LogP contribution in [0.15, 0.2) is 0 Å². The van der Waals surface area contributed by atoms with E-state index in [-0.39, 0.29) is 12.1 Å². The number of aliphatic hydroxyl groups excluding tert-OH is 1. The number of urea groups is 1. The lowest BCUT2D eigenvalue weighted by atomic mass is 10.3. The van der Waals surface area contributed by atoms with Gasteiger partial charge in [-0.25, -0.2) is 9.78 Å². The highest BCUT2D eigenvalue weighted by Crippen LogP contribution is 2.16. The van der Waals surface area contributed by atoms with Gasteiger partial charge in [-0.3, -0.25) is 0 Å². The number of aliphatic hydroxyl groups is 1. The topological polar surface area (TPSA) is 65.5 Å². The van der Waals surface area contributed by atoms with Crippen LogP contribution in [0, 0.1) is 13.8 Å². The van der Waals surface area contributed by atoms with Crippen molar-refractivity contribution < 1.29 is 9.90 Å². The maximum atomic E-state index is 12.1. The van der Waals surface area contributed by atoms with Crippen LogP contribution in [-0.2, 0) is 6.42 Å². The molecule has 0 spiro atoms. The molecule has 0 bridgehead atoms. The molecule has 0 aliphatic rings. The maximum absolute atomic E-state index is 12.1. The summed E-state index contributed by atoms with van der Waals surface area (Å²) in [6.45, 7) is 10.5. The van der Waals surface area contributed by atoms with Crippen molar-refractivity contribution in [3.05, 3.63) is 15.6 Å². The van der Waals surface area contributed by atoms with Gasteiger partial charge in [-0.2, -0.15) is 0 Å². The monoisotopic (exact) mass is 299 g/mol. The Balaban J connectivity index is 2.44. The summed E-state index contributed by atoms with van der Waals surface area (Å²) < 4.78 is 0. The minimum Gasteiger partial charge on any atom is -0.392 e. The molecule has 0 fully saturated rings. The number of amides is 2.